The maximum absolute atomic E-state index is 13.6. The van der Waals surface area contributed by atoms with Gasteiger partial charge in [-0.2, -0.15) is 0 Å². The minimum atomic E-state index is -3.89. The summed E-state index contributed by atoms with van der Waals surface area (Å²) < 4.78 is 36.2. The van der Waals surface area contributed by atoms with Gasteiger partial charge in [-0.3, -0.25) is 9.05 Å². The third kappa shape index (κ3) is 16.5. The van der Waals surface area contributed by atoms with Crippen LogP contribution in [0.4, 0.5) is 0 Å². The van der Waals surface area contributed by atoms with E-state index in [-0.39, 0.29) is 32.1 Å². The van der Waals surface area contributed by atoms with Gasteiger partial charge >= 0.3 is 32.7 Å². The van der Waals surface area contributed by atoms with E-state index in [1.165, 1.54) is 0 Å². The van der Waals surface area contributed by atoms with E-state index in [0.29, 0.717) is 19.6 Å². The van der Waals surface area contributed by atoms with Crippen LogP contribution in [0.3, 0.4) is 0 Å². The van der Waals surface area contributed by atoms with Gasteiger partial charge in [0.15, 0.2) is 0 Å². The second kappa shape index (κ2) is 21.5. The molecule has 0 fully saturated rings. The van der Waals surface area contributed by atoms with Gasteiger partial charge in [-0.25, -0.2) is 13.9 Å². The Hall–Kier alpha value is -0.0826. The molecule has 32 heavy (non-hydrogen) atoms. The van der Waals surface area contributed by atoms with E-state index in [2.05, 4.69) is 34.3 Å². The number of phosphoric ester groups is 1. The zero-order chi connectivity index (χ0) is 23.5. The van der Waals surface area contributed by atoms with E-state index in [4.69, 9.17) is 18.3 Å². The standard InChI is InChI=1S/C24H47O6P.Li.H/c1-7-13-16-21(10-4)19-27-31(26,28-20-22(11-5)17-14-8-2)30-24(18-15-9-3)29-23(25)12-6;;/h12,21-22,24H,6-11,13-20H2,1-5H3;;/q;+1;-1. The van der Waals surface area contributed by atoms with E-state index in [1.54, 1.807) is 0 Å². The molecule has 3 atom stereocenters. The molecule has 0 aliphatic heterocycles. The summed E-state index contributed by atoms with van der Waals surface area (Å²) in [5.41, 5.74) is 0. The molecule has 0 rings (SSSR count). The van der Waals surface area contributed by atoms with Gasteiger partial charge in [-0.05, 0) is 31.1 Å². The summed E-state index contributed by atoms with van der Waals surface area (Å²) in [7, 11) is -3.89. The Labute approximate surface area is 210 Å². The molecule has 6 nitrogen and oxygen atoms in total. The monoisotopic (exact) mass is 470 g/mol. The predicted octanol–water partition coefficient (Wildman–Crippen LogP) is 4.94. The van der Waals surface area contributed by atoms with Crippen molar-refractivity contribution < 1.29 is 48.0 Å². The number of esters is 1. The second-order valence-electron chi connectivity index (χ2n) is 8.19. The fraction of sp³-hybridized carbons (Fsp3) is 0.875. The first-order valence-corrected chi connectivity index (χ1v) is 13.7. The average molecular weight is 471 g/mol. The van der Waals surface area contributed by atoms with Gasteiger partial charge in [0.25, 0.3) is 0 Å². The number of hydrogen-bond acceptors (Lipinski definition) is 6. The van der Waals surface area contributed by atoms with Crippen molar-refractivity contribution in [1.29, 1.82) is 0 Å². The van der Waals surface area contributed by atoms with Crippen LogP contribution in [0.1, 0.15) is 107 Å². The third-order valence-corrected chi connectivity index (χ3v) is 6.90. The molecule has 0 amide bonds. The van der Waals surface area contributed by atoms with Crippen molar-refractivity contribution >= 4 is 13.8 Å². The molecule has 0 radical (unpaired) electrons. The number of ether oxygens (including phenoxy) is 1. The van der Waals surface area contributed by atoms with Crippen molar-refractivity contribution in [2.45, 2.75) is 112 Å². The van der Waals surface area contributed by atoms with Crippen LogP contribution in [0.25, 0.3) is 0 Å². The minimum absolute atomic E-state index is 0. The largest absolute Gasteiger partial charge is 1.00 e. The van der Waals surface area contributed by atoms with Gasteiger partial charge in [-0.1, -0.05) is 86.1 Å². The molecule has 0 spiro atoms. The van der Waals surface area contributed by atoms with Crippen LogP contribution >= 0.6 is 7.82 Å². The van der Waals surface area contributed by atoms with Crippen molar-refractivity contribution in [3.63, 3.8) is 0 Å². The molecule has 0 aliphatic carbocycles. The van der Waals surface area contributed by atoms with Crippen LogP contribution in [-0.2, 0) is 27.7 Å². The van der Waals surface area contributed by atoms with E-state index in [9.17, 15) is 9.36 Å². The first kappa shape index (κ1) is 34.1. The van der Waals surface area contributed by atoms with E-state index in [1.807, 2.05) is 6.92 Å². The minimum Gasteiger partial charge on any atom is -1.00 e. The van der Waals surface area contributed by atoms with Gasteiger partial charge < -0.3 is 6.16 Å². The molecule has 0 saturated heterocycles. The summed E-state index contributed by atoms with van der Waals surface area (Å²) in [6.45, 7) is 14.6. The summed E-state index contributed by atoms with van der Waals surface area (Å²) >= 11 is 0. The Morgan fingerprint density at radius 1 is 0.875 bits per heavy atom. The van der Waals surface area contributed by atoms with Gasteiger partial charge in [0.2, 0.25) is 6.29 Å². The quantitative estimate of drug-likeness (QED) is 0.0778. The number of rotatable bonds is 21. The first-order chi connectivity index (χ1) is 14.9. The Kier molecular flexibility index (Phi) is 22.8. The first-order valence-electron chi connectivity index (χ1n) is 12.3. The van der Waals surface area contributed by atoms with Gasteiger partial charge in [0.1, 0.15) is 0 Å². The van der Waals surface area contributed by atoms with E-state index in [0.717, 1.165) is 70.3 Å². The maximum Gasteiger partial charge on any atom is 1.00 e. The molecule has 0 aliphatic rings. The summed E-state index contributed by atoms with van der Waals surface area (Å²) in [5, 5.41) is 0. The molecule has 0 aromatic carbocycles. The van der Waals surface area contributed by atoms with Crippen LogP contribution in [-0.4, -0.2) is 25.5 Å². The van der Waals surface area contributed by atoms with Crippen LogP contribution in [0.2, 0.25) is 0 Å². The molecule has 8 heteroatoms. The average Bonchev–Trinajstić information content (AvgIpc) is 2.77. The van der Waals surface area contributed by atoms with Crippen molar-refractivity contribution in [2.75, 3.05) is 13.2 Å². The molecule has 0 N–H and O–H groups in total. The van der Waals surface area contributed by atoms with Gasteiger partial charge in [-0.15, -0.1) is 0 Å². The Morgan fingerprint density at radius 2 is 1.31 bits per heavy atom. The Morgan fingerprint density at radius 3 is 1.69 bits per heavy atom. The number of phosphoric acid groups is 1. The molecule has 0 bridgehead atoms. The molecular formula is C24H48LiO6P. The Bertz CT molecular complexity index is 499. The molecule has 0 aromatic heterocycles. The Balaban J connectivity index is -0.00000450. The fourth-order valence-corrected chi connectivity index (χ4v) is 4.53. The SMILES string of the molecule is C=CC(=O)OC(CCCC)OP(=O)(OCC(CC)CCCC)OCC(CC)CCCC.[H-].[Li+]. The zero-order valence-electron chi connectivity index (χ0n) is 22.6. The number of hydrogen-bond donors (Lipinski definition) is 0. The van der Waals surface area contributed by atoms with E-state index >= 15 is 0 Å². The summed E-state index contributed by atoms with van der Waals surface area (Å²) in [4.78, 5) is 11.7. The van der Waals surface area contributed by atoms with Crippen molar-refractivity contribution in [3.8, 4) is 0 Å². The number of carbonyl (C=O) groups is 1. The van der Waals surface area contributed by atoms with Gasteiger partial charge in [0, 0.05) is 12.5 Å². The summed E-state index contributed by atoms with van der Waals surface area (Å²) in [6, 6.07) is 0. The van der Waals surface area contributed by atoms with Crippen molar-refractivity contribution in [1.82, 2.24) is 0 Å². The molecule has 0 saturated carbocycles. The van der Waals surface area contributed by atoms with Crippen LogP contribution < -0.4 is 18.9 Å². The topological polar surface area (TPSA) is 71.1 Å². The molecule has 186 valence electrons. The maximum atomic E-state index is 13.6. The van der Waals surface area contributed by atoms with Crippen LogP contribution in [0.5, 0.6) is 0 Å². The zero-order valence-corrected chi connectivity index (χ0v) is 22.5. The molecular weight excluding hydrogens is 422 g/mol. The summed E-state index contributed by atoms with van der Waals surface area (Å²) in [5.74, 6) is -0.0453. The number of unbranched alkanes of at least 4 members (excludes halogenated alkanes) is 3. The van der Waals surface area contributed by atoms with E-state index < -0.39 is 20.1 Å². The van der Waals surface area contributed by atoms with Crippen LogP contribution in [0.15, 0.2) is 12.7 Å². The summed E-state index contributed by atoms with van der Waals surface area (Å²) in [6.07, 6.45) is 10.4. The second-order valence-corrected chi connectivity index (χ2v) is 9.81. The molecule has 3 unspecified atom stereocenters. The molecule has 0 heterocycles. The fourth-order valence-electron chi connectivity index (χ4n) is 3.11. The van der Waals surface area contributed by atoms with Crippen molar-refractivity contribution in [2.24, 2.45) is 11.8 Å². The third-order valence-electron chi connectivity index (χ3n) is 5.48. The van der Waals surface area contributed by atoms with Gasteiger partial charge in [0.05, 0.1) is 13.2 Å². The van der Waals surface area contributed by atoms with Crippen LogP contribution in [0, 0.1) is 11.8 Å². The predicted molar refractivity (Wildman–Crippen MR) is 128 cm³/mol. The normalized spacial score (nSPS) is 15.8. The smallest absolute Gasteiger partial charge is 1.00 e. The van der Waals surface area contributed by atoms with Crippen molar-refractivity contribution in [3.05, 3.63) is 12.7 Å². The molecule has 0 aromatic rings. The number of carbonyl (C=O) groups excluding carboxylic acids is 1.